The molecule has 0 bridgehead atoms. The van der Waals surface area contributed by atoms with Crippen molar-refractivity contribution in [3.8, 4) is 0 Å². The van der Waals surface area contributed by atoms with E-state index in [-0.39, 0.29) is 11.7 Å². The van der Waals surface area contributed by atoms with Crippen LogP contribution < -0.4 is 5.76 Å². The second-order valence-electron chi connectivity index (χ2n) is 6.99. The van der Waals surface area contributed by atoms with Crippen molar-refractivity contribution in [2.45, 2.75) is 25.4 Å². The lowest BCUT2D eigenvalue weighted by molar-refractivity contribution is 0.153. The van der Waals surface area contributed by atoms with Crippen molar-refractivity contribution in [2.75, 3.05) is 13.1 Å². The molecule has 4 aromatic rings. The summed E-state index contributed by atoms with van der Waals surface area (Å²) in [5.41, 5.74) is 3.13. The lowest BCUT2D eigenvalue weighted by atomic mass is 9.98. The van der Waals surface area contributed by atoms with Gasteiger partial charge in [-0.15, -0.1) is 0 Å². The summed E-state index contributed by atoms with van der Waals surface area (Å²) in [7, 11) is 0. The number of nitrogens with zero attached hydrogens (tertiary/aromatic N) is 3. The van der Waals surface area contributed by atoms with Gasteiger partial charge < -0.3 is 8.83 Å². The van der Waals surface area contributed by atoms with E-state index < -0.39 is 0 Å². The van der Waals surface area contributed by atoms with Gasteiger partial charge >= 0.3 is 5.76 Å². The van der Waals surface area contributed by atoms with Crippen molar-refractivity contribution in [2.24, 2.45) is 0 Å². The van der Waals surface area contributed by atoms with Gasteiger partial charge in [-0.25, -0.2) is 9.78 Å². The molecule has 5 rings (SSSR count). The number of oxazole rings is 2. The van der Waals surface area contributed by atoms with Crippen LogP contribution in [0.3, 0.4) is 0 Å². The van der Waals surface area contributed by atoms with Crippen LogP contribution in [0.25, 0.3) is 22.2 Å². The molecular weight excluding hydrogens is 410 g/mol. The van der Waals surface area contributed by atoms with E-state index in [2.05, 4.69) is 25.8 Å². The van der Waals surface area contributed by atoms with Gasteiger partial charge in [-0.05, 0) is 49.7 Å². The zero-order valence-electron chi connectivity index (χ0n) is 14.6. The maximum Gasteiger partial charge on any atom is 0.421 e. The highest BCUT2D eigenvalue weighted by Crippen LogP contribution is 2.29. The lowest BCUT2D eigenvalue weighted by Gasteiger charge is -2.31. The third-order valence-corrected chi connectivity index (χ3v) is 5.63. The molecule has 2 aromatic heterocycles. The molecule has 3 heterocycles. The summed E-state index contributed by atoms with van der Waals surface area (Å²) in [5, 5.41) is 0. The number of fused-ring (bicyclic) bond motifs is 2. The SMILES string of the molecule is O=c1oc2cc(Br)ccc2n1CN1CCCC(c2nc3ccccc3o2)C1. The van der Waals surface area contributed by atoms with E-state index in [1.807, 2.05) is 42.5 Å². The molecule has 2 aromatic carbocycles. The monoisotopic (exact) mass is 427 g/mol. The number of benzene rings is 2. The van der Waals surface area contributed by atoms with Crippen LogP contribution in [0.5, 0.6) is 0 Å². The molecule has 1 aliphatic heterocycles. The Hall–Kier alpha value is -2.38. The highest BCUT2D eigenvalue weighted by molar-refractivity contribution is 9.10. The van der Waals surface area contributed by atoms with Crippen molar-refractivity contribution >= 4 is 38.1 Å². The minimum Gasteiger partial charge on any atom is -0.440 e. The molecule has 0 amide bonds. The summed E-state index contributed by atoms with van der Waals surface area (Å²) in [4.78, 5) is 19.2. The number of hydrogen-bond acceptors (Lipinski definition) is 5. The minimum absolute atomic E-state index is 0.231. The Kier molecular flexibility index (Phi) is 4.13. The van der Waals surface area contributed by atoms with Gasteiger partial charge in [0, 0.05) is 16.9 Å². The molecule has 0 saturated carbocycles. The molecule has 1 unspecified atom stereocenters. The van der Waals surface area contributed by atoms with E-state index in [1.165, 1.54) is 0 Å². The summed E-state index contributed by atoms with van der Waals surface area (Å²) in [6.07, 6.45) is 2.08. The zero-order valence-corrected chi connectivity index (χ0v) is 16.2. The van der Waals surface area contributed by atoms with Crippen LogP contribution in [0.1, 0.15) is 24.7 Å². The molecule has 27 heavy (non-hydrogen) atoms. The van der Waals surface area contributed by atoms with Crippen LogP contribution >= 0.6 is 15.9 Å². The molecule has 7 heteroatoms. The maximum absolute atomic E-state index is 12.3. The highest BCUT2D eigenvalue weighted by atomic mass is 79.9. The quantitative estimate of drug-likeness (QED) is 0.486. The standard InChI is InChI=1S/C20H18BrN3O3/c21-14-7-8-16-18(10-14)27-20(25)24(16)12-23-9-3-4-13(11-23)19-22-15-5-1-2-6-17(15)26-19/h1-2,5-8,10,13H,3-4,9,11-12H2. The number of aromatic nitrogens is 2. The van der Waals surface area contributed by atoms with Gasteiger partial charge in [0.15, 0.2) is 17.1 Å². The van der Waals surface area contributed by atoms with E-state index in [0.29, 0.717) is 12.3 Å². The lowest BCUT2D eigenvalue weighted by Crippen LogP contribution is -2.37. The van der Waals surface area contributed by atoms with E-state index in [9.17, 15) is 4.79 Å². The summed E-state index contributed by atoms with van der Waals surface area (Å²) in [5.74, 6) is 0.690. The fourth-order valence-electron chi connectivity index (χ4n) is 3.82. The topological polar surface area (TPSA) is 64.4 Å². The first-order chi connectivity index (χ1) is 13.2. The van der Waals surface area contributed by atoms with Gasteiger partial charge in [0.2, 0.25) is 0 Å². The Morgan fingerprint density at radius 1 is 1.15 bits per heavy atom. The number of rotatable bonds is 3. The van der Waals surface area contributed by atoms with Crippen LogP contribution in [0.4, 0.5) is 0 Å². The molecule has 1 atom stereocenters. The summed E-state index contributed by atoms with van der Waals surface area (Å²) < 4.78 is 13.9. The number of piperidine rings is 1. The smallest absolute Gasteiger partial charge is 0.421 e. The molecule has 0 N–H and O–H groups in total. The fourth-order valence-corrected chi connectivity index (χ4v) is 4.16. The van der Waals surface area contributed by atoms with Gasteiger partial charge in [0.05, 0.1) is 12.2 Å². The molecule has 0 radical (unpaired) electrons. The second kappa shape index (κ2) is 6.65. The van der Waals surface area contributed by atoms with Crippen LogP contribution in [0.15, 0.2) is 60.6 Å². The summed E-state index contributed by atoms with van der Waals surface area (Å²) in [6, 6.07) is 13.5. The van der Waals surface area contributed by atoms with Gasteiger partial charge in [-0.2, -0.15) is 0 Å². The van der Waals surface area contributed by atoms with Crippen molar-refractivity contribution in [1.29, 1.82) is 0 Å². The predicted molar refractivity (Wildman–Crippen MR) is 106 cm³/mol. The van der Waals surface area contributed by atoms with Gasteiger partial charge in [0.1, 0.15) is 5.52 Å². The predicted octanol–water partition coefficient (Wildman–Crippen LogP) is 4.34. The Labute approximate surface area is 163 Å². The first-order valence-electron chi connectivity index (χ1n) is 9.04. The van der Waals surface area contributed by atoms with Gasteiger partial charge in [-0.1, -0.05) is 28.1 Å². The third kappa shape index (κ3) is 3.11. The first kappa shape index (κ1) is 16.8. The highest BCUT2D eigenvalue weighted by Gasteiger charge is 2.26. The minimum atomic E-state index is -0.327. The van der Waals surface area contributed by atoms with Crippen LogP contribution in [-0.2, 0) is 6.67 Å². The van der Waals surface area contributed by atoms with E-state index in [4.69, 9.17) is 8.83 Å². The molecule has 138 valence electrons. The Balaban J connectivity index is 1.40. The van der Waals surface area contributed by atoms with E-state index in [0.717, 1.165) is 52.9 Å². The number of hydrogen-bond donors (Lipinski definition) is 0. The second-order valence-corrected chi connectivity index (χ2v) is 7.90. The summed E-state index contributed by atoms with van der Waals surface area (Å²) >= 11 is 3.41. The van der Waals surface area contributed by atoms with Crippen LogP contribution in [-0.4, -0.2) is 27.5 Å². The molecule has 1 fully saturated rings. The Morgan fingerprint density at radius 3 is 2.93 bits per heavy atom. The molecule has 1 saturated heterocycles. The maximum atomic E-state index is 12.3. The molecule has 1 aliphatic rings. The van der Waals surface area contributed by atoms with Crippen LogP contribution in [0.2, 0.25) is 0 Å². The largest absolute Gasteiger partial charge is 0.440 e. The average Bonchev–Trinajstić information content (AvgIpc) is 3.23. The number of para-hydroxylation sites is 2. The third-order valence-electron chi connectivity index (χ3n) is 5.14. The van der Waals surface area contributed by atoms with Crippen LogP contribution in [0, 0.1) is 0 Å². The van der Waals surface area contributed by atoms with Gasteiger partial charge in [-0.3, -0.25) is 9.47 Å². The molecule has 0 spiro atoms. The van der Waals surface area contributed by atoms with Crippen molar-refractivity contribution in [1.82, 2.24) is 14.5 Å². The Morgan fingerprint density at radius 2 is 2.04 bits per heavy atom. The Bertz CT molecular complexity index is 1140. The van der Waals surface area contributed by atoms with E-state index in [1.54, 1.807) is 4.57 Å². The van der Waals surface area contributed by atoms with Crippen molar-refractivity contribution in [3.63, 3.8) is 0 Å². The van der Waals surface area contributed by atoms with E-state index >= 15 is 0 Å². The molecule has 6 nitrogen and oxygen atoms in total. The zero-order chi connectivity index (χ0) is 18.4. The fraction of sp³-hybridized carbons (Fsp3) is 0.300. The average molecular weight is 428 g/mol. The number of halogens is 1. The molecular formula is C20H18BrN3O3. The van der Waals surface area contributed by atoms with Crippen molar-refractivity contribution < 1.29 is 8.83 Å². The molecule has 0 aliphatic carbocycles. The first-order valence-corrected chi connectivity index (χ1v) is 9.83. The van der Waals surface area contributed by atoms with Gasteiger partial charge in [0.25, 0.3) is 0 Å². The summed E-state index contributed by atoms with van der Waals surface area (Å²) in [6.45, 7) is 2.25. The number of likely N-dealkylation sites (tertiary alicyclic amines) is 1. The van der Waals surface area contributed by atoms with Crippen molar-refractivity contribution in [3.05, 3.63) is 63.4 Å². The normalized spacial score (nSPS) is 18.5.